The molecule has 62 valence electrons. The Hall–Kier alpha value is 0.210. The van der Waals surface area contributed by atoms with Crippen LogP contribution >= 0.6 is 12.4 Å². The standard InChI is InChI=1S/C7H16N2.ClH/c8-5-6-9-7-3-1-2-4-7;/h7,9H,1-6,8H2;1H. The second-order valence-corrected chi connectivity index (χ2v) is 2.72. The van der Waals surface area contributed by atoms with Crippen LogP contribution in [0, 0.1) is 0 Å². The van der Waals surface area contributed by atoms with Gasteiger partial charge in [-0.1, -0.05) is 12.8 Å². The highest BCUT2D eigenvalue weighted by atomic mass is 35.5. The Morgan fingerprint density at radius 2 is 1.90 bits per heavy atom. The van der Waals surface area contributed by atoms with Crippen molar-refractivity contribution in [2.24, 2.45) is 5.73 Å². The summed E-state index contributed by atoms with van der Waals surface area (Å²) in [7, 11) is 0. The van der Waals surface area contributed by atoms with Crippen molar-refractivity contribution in [2.45, 2.75) is 31.7 Å². The largest absolute Gasteiger partial charge is 0.329 e. The summed E-state index contributed by atoms with van der Waals surface area (Å²) in [6, 6.07) is 0.786. The van der Waals surface area contributed by atoms with E-state index in [9.17, 15) is 0 Å². The summed E-state index contributed by atoms with van der Waals surface area (Å²) in [5, 5.41) is 3.41. The van der Waals surface area contributed by atoms with E-state index in [4.69, 9.17) is 5.73 Å². The highest BCUT2D eigenvalue weighted by molar-refractivity contribution is 5.85. The van der Waals surface area contributed by atoms with E-state index in [0.717, 1.165) is 19.1 Å². The van der Waals surface area contributed by atoms with Crippen molar-refractivity contribution in [1.29, 1.82) is 0 Å². The first-order valence-corrected chi connectivity index (χ1v) is 3.87. The Labute approximate surface area is 69.0 Å². The summed E-state index contributed by atoms with van der Waals surface area (Å²) >= 11 is 0. The molecular weight excluding hydrogens is 148 g/mol. The third-order valence-corrected chi connectivity index (χ3v) is 1.93. The van der Waals surface area contributed by atoms with E-state index in [0.29, 0.717) is 0 Å². The van der Waals surface area contributed by atoms with Crippen LogP contribution in [-0.2, 0) is 0 Å². The zero-order valence-corrected chi connectivity index (χ0v) is 7.12. The summed E-state index contributed by atoms with van der Waals surface area (Å²) in [5.74, 6) is 0. The van der Waals surface area contributed by atoms with E-state index in [1.54, 1.807) is 0 Å². The van der Waals surface area contributed by atoms with E-state index in [2.05, 4.69) is 5.32 Å². The second-order valence-electron chi connectivity index (χ2n) is 2.72. The molecule has 10 heavy (non-hydrogen) atoms. The van der Waals surface area contributed by atoms with Crippen molar-refractivity contribution in [3.05, 3.63) is 0 Å². The van der Waals surface area contributed by atoms with Gasteiger partial charge in [0.2, 0.25) is 0 Å². The molecule has 0 atom stereocenters. The molecule has 1 aliphatic carbocycles. The molecular formula is C7H17ClN2. The lowest BCUT2D eigenvalue weighted by molar-refractivity contribution is 0.532. The summed E-state index contributed by atoms with van der Waals surface area (Å²) in [6.07, 6.45) is 5.53. The van der Waals surface area contributed by atoms with Crippen LogP contribution in [0.2, 0.25) is 0 Å². The zero-order valence-electron chi connectivity index (χ0n) is 6.31. The van der Waals surface area contributed by atoms with Crippen LogP contribution in [0.4, 0.5) is 0 Å². The second kappa shape index (κ2) is 5.96. The first-order valence-electron chi connectivity index (χ1n) is 3.87. The van der Waals surface area contributed by atoms with Gasteiger partial charge in [0.15, 0.2) is 0 Å². The SMILES string of the molecule is Cl.NCCNC1CCCC1. The molecule has 0 bridgehead atoms. The van der Waals surface area contributed by atoms with Gasteiger partial charge in [-0.3, -0.25) is 0 Å². The molecule has 1 aliphatic rings. The Balaban J connectivity index is 0.000000810. The minimum atomic E-state index is 0. The molecule has 0 unspecified atom stereocenters. The molecule has 0 aromatic heterocycles. The Morgan fingerprint density at radius 1 is 1.30 bits per heavy atom. The van der Waals surface area contributed by atoms with Gasteiger partial charge >= 0.3 is 0 Å². The molecule has 2 nitrogen and oxygen atoms in total. The maximum atomic E-state index is 5.34. The van der Waals surface area contributed by atoms with Crippen LogP contribution < -0.4 is 11.1 Å². The van der Waals surface area contributed by atoms with Gasteiger partial charge in [-0.2, -0.15) is 0 Å². The lowest BCUT2D eigenvalue weighted by atomic mass is 10.2. The smallest absolute Gasteiger partial charge is 0.00770 e. The molecule has 0 heterocycles. The Kier molecular flexibility index (Phi) is 6.08. The highest BCUT2D eigenvalue weighted by Gasteiger charge is 2.12. The molecule has 1 fully saturated rings. The predicted octanol–water partition coefficient (Wildman–Crippen LogP) is 0.899. The third-order valence-electron chi connectivity index (χ3n) is 1.93. The lowest BCUT2D eigenvalue weighted by Crippen LogP contribution is -2.30. The lowest BCUT2D eigenvalue weighted by Gasteiger charge is -2.08. The number of halogens is 1. The van der Waals surface area contributed by atoms with E-state index in [1.165, 1.54) is 25.7 Å². The minimum absolute atomic E-state index is 0. The third kappa shape index (κ3) is 3.40. The molecule has 0 aliphatic heterocycles. The number of hydrogen-bond acceptors (Lipinski definition) is 2. The minimum Gasteiger partial charge on any atom is -0.329 e. The molecule has 1 saturated carbocycles. The van der Waals surface area contributed by atoms with Crippen molar-refractivity contribution in [2.75, 3.05) is 13.1 Å². The number of hydrogen-bond donors (Lipinski definition) is 2. The maximum absolute atomic E-state index is 5.34. The normalized spacial score (nSPS) is 18.9. The average molecular weight is 165 g/mol. The highest BCUT2D eigenvalue weighted by Crippen LogP contribution is 2.16. The van der Waals surface area contributed by atoms with Gasteiger partial charge in [0.05, 0.1) is 0 Å². The zero-order chi connectivity index (χ0) is 6.53. The summed E-state index contributed by atoms with van der Waals surface area (Å²) in [5.41, 5.74) is 5.34. The van der Waals surface area contributed by atoms with Crippen molar-refractivity contribution >= 4 is 12.4 Å². The molecule has 3 N–H and O–H groups in total. The van der Waals surface area contributed by atoms with Gasteiger partial charge in [-0.05, 0) is 12.8 Å². The van der Waals surface area contributed by atoms with Gasteiger partial charge in [0, 0.05) is 19.1 Å². The fraction of sp³-hybridized carbons (Fsp3) is 1.00. The van der Waals surface area contributed by atoms with Gasteiger partial charge in [-0.25, -0.2) is 0 Å². The first-order chi connectivity index (χ1) is 4.43. The van der Waals surface area contributed by atoms with E-state index in [-0.39, 0.29) is 12.4 Å². The first kappa shape index (κ1) is 10.2. The number of nitrogens with two attached hydrogens (primary N) is 1. The van der Waals surface area contributed by atoms with Crippen molar-refractivity contribution in [3.8, 4) is 0 Å². The van der Waals surface area contributed by atoms with E-state index >= 15 is 0 Å². The summed E-state index contributed by atoms with van der Waals surface area (Å²) in [4.78, 5) is 0. The Bertz CT molecular complexity index is 72.0. The van der Waals surface area contributed by atoms with Gasteiger partial charge in [0.1, 0.15) is 0 Å². The fourth-order valence-corrected chi connectivity index (χ4v) is 1.42. The average Bonchev–Trinajstić information content (AvgIpc) is 2.34. The van der Waals surface area contributed by atoms with Gasteiger partial charge < -0.3 is 11.1 Å². The molecule has 0 saturated heterocycles. The van der Waals surface area contributed by atoms with Gasteiger partial charge in [0.25, 0.3) is 0 Å². The molecule has 0 spiro atoms. The molecule has 0 amide bonds. The van der Waals surface area contributed by atoms with Crippen LogP contribution in [0.15, 0.2) is 0 Å². The number of rotatable bonds is 3. The fourth-order valence-electron chi connectivity index (χ4n) is 1.42. The monoisotopic (exact) mass is 164 g/mol. The van der Waals surface area contributed by atoms with Crippen LogP contribution in [0.25, 0.3) is 0 Å². The van der Waals surface area contributed by atoms with Crippen LogP contribution in [-0.4, -0.2) is 19.1 Å². The van der Waals surface area contributed by atoms with Crippen molar-refractivity contribution < 1.29 is 0 Å². The van der Waals surface area contributed by atoms with Crippen LogP contribution in [0.5, 0.6) is 0 Å². The molecule has 0 aromatic rings. The van der Waals surface area contributed by atoms with E-state index < -0.39 is 0 Å². The summed E-state index contributed by atoms with van der Waals surface area (Å²) < 4.78 is 0. The molecule has 0 aromatic carbocycles. The topological polar surface area (TPSA) is 38.0 Å². The molecule has 3 heteroatoms. The number of nitrogens with one attached hydrogen (secondary N) is 1. The Morgan fingerprint density at radius 3 is 2.40 bits per heavy atom. The van der Waals surface area contributed by atoms with E-state index in [1.807, 2.05) is 0 Å². The quantitative estimate of drug-likeness (QED) is 0.651. The summed E-state index contributed by atoms with van der Waals surface area (Å²) in [6.45, 7) is 1.77. The van der Waals surface area contributed by atoms with Crippen molar-refractivity contribution in [3.63, 3.8) is 0 Å². The van der Waals surface area contributed by atoms with Crippen LogP contribution in [0.3, 0.4) is 0 Å². The van der Waals surface area contributed by atoms with Gasteiger partial charge in [-0.15, -0.1) is 12.4 Å². The van der Waals surface area contributed by atoms with Crippen LogP contribution in [0.1, 0.15) is 25.7 Å². The van der Waals surface area contributed by atoms with Crippen molar-refractivity contribution in [1.82, 2.24) is 5.32 Å². The molecule has 1 rings (SSSR count). The predicted molar refractivity (Wildman–Crippen MR) is 46.6 cm³/mol. The molecule has 0 radical (unpaired) electrons. The maximum Gasteiger partial charge on any atom is 0.00770 e.